The van der Waals surface area contributed by atoms with Crippen LogP contribution in [0.25, 0.3) is 5.69 Å². The number of halogens is 2. The fourth-order valence-corrected chi connectivity index (χ4v) is 2.17. The number of carboxylic acids is 1. The predicted molar refractivity (Wildman–Crippen MR) is 76.8 cm³/mol. The Morgan fingerprint density at radius 2 is 1.71 bits per heavy atom. The van der Waals surface area contributed by atoms with Gasteiger partial charge in [0.15, 0.2) is 5.78 Å². The fourth-order valence-electron chi connectivity index (χ4n) is 1.66. The molecule has 0 atom stereocenters. The number of hydrogen-bond acceptors (Lipinski definition) is 4. The van der Waals surface area contributed by atoms with E-state index in [1.54, 1.807) is 0 Å². The predicted octanol–water partition coefficient (Wildman–Crippen LogP) is 2.44. The van der Waals surface area contributed by atoms with Crippen molar-refractivity contribution in [2.45, 2.75) is 6.92 Å². The van der Waals surface area contributed by atoms with Gasteiger partial charge in [0.25, 0.3) is 5.56 Å². The highest BCUT2D eigenvalue weighted by Gasteiger charge is 2.17. The lowest BCUT2D eigenvalue weighted by atomic mass is 10.2. The maximum atomic E-state index is 12.1. The van der Waals surface area contributed by atoms with Gasteiger partial charge in [-0.05, 0) is 24.3 Å². The Labute approximate surface area is 128 Å². The zero-order chi connectivity index (χ0) is 15.7. The highest BCUT2D eigenvalue weighted by molar-refractivity contribution is 6.34. The van der Waals surface area contributed by atoms with Gasteiger partial charge < -0.3 is 5.11 Å². The molecule has 0 spiro atoms. The smallest absolute Gasteiger partial charge is 0.341 e. The first-order valence-corrected chi connectivity index (χ1v) is 6.40. The minimum absolute atomic E-state index is 0.150. The van der Waals surface area contributed by atoms with Crippen molar-refractivity contribution >= 4 is 35.0 Å². The van der Waals surface area contributed by atoms with Crippen molar-refractivity contribution in [3.8, 4) is 5.69 Å². The average molecular weight is 327 g/mol. The Kier molecular flexibility index (Phi) is 4.11. The van der Waals surface area contributed by atoms with E-state index in [2.05, 4.69) is 5.10 Å². The Hall–Kier alpha value is -2.18. The molecule has 0 unspecified atom stereocenters. The summed E-state index contributed by atoms with van der Waals surface area (Å²) in [5, 5.41) is 13.4. The van der Waals surface area contributed by atoms with E-state index in [1.165, 1.54) is 25.1 Å². The van der Waals surface area contributed by atoms with Crippen LogP contribution in [0.1, 0.15) is 27.8 Å². The molecule has 0 bridgehead atoms. The second kappa shape index (κ2) is 5.67. The molecule has 1 N–H and O–H groups in total. The Bertz CT molecular complexity index is 794. The number of benzene rings is 1. The van der Waals surface area contributed by atoms with Crippen LogP contribution in [0.4, 0.5) is 0 Å². The maximum Gasteiger partial charge on any atom is 0.341 e. The van der Waals surface area contributed by atoms with Crippen molar-refractivity contribution in [1.82, 2.24) is 9.78 Å². The summed E-state index contributed by atoms with van der Waals surface area (Å²) in [6, 6.07) is 5.16. The highest BCUT2D eigenvalue weighted by Crippen LogP contribution is 2.20. The number of ketones is 1. The van der Waals surface area contributed by atoms with Gasteiger partial charge in [0.2, 0.25) is 0 Å². The molecular weight excluding hydrogens is 319 g/mol. The largest absolute Gasteiger partial charge is 0.477 e. The minimum Gasteiger partial charge on any atom is -0.477 e. The molecule has 6 nitrogen and oxygen atoms in total. The van der Waals surface area contributed by atoms with E-state index in [0.717, 1.165) is 10.7 Å². The van der Waals surface area contributed by atoms with Gasteiger partial charge in [-0.1, -0.05) is 23.2 Å². The van der Waals surface area contributed by atoms with E-state index in [4.69, 9.17) is 28.3 Å². The molecule has 2 rings (SSSR count). The third-order valence-electron chi connectivity index (χ3n) is 2.59. The molecule has 21 heavy (non-hydrogen) atoms. The summed E-state index contributed by atoms with van der Waals surface area (Å²) in [6.07, 6.45) is 0. The first-order chi connectivity index (χ1) is 9.79. The molecule has 108 valence electrons. The minimum atomic E-state index is -1.45. The number of carbonyl (C=O) groups excluding carboxylic acids is 1. The monoisotopic (exact) mass is 326 g/mol. The number of Topliss-reactive ketones (excluding diaryl/α,β-unsaturated/α-hetero) is 1. The SMILES string of the molecule is CC(=O)c1cc(C(=O)O)c(=O)n(-c2cc(Cl)cc(Cl)c2)n1. The van der Waals surface area contributed by atoms with Crippen LogP contribution in [-0.4, -0.2) is 26.6 Å². The van der Waals surface area contributed by atoms with E-state index < -0.39 is 22.9 Å². The number of nitrogens with zero attached hydrogens (tertiary/aromatic N) is 2. The topological polar surface area (TPSA) is 89.3 Å². The summed E-state index contributed by atoms with van der Waals surface area (Å²) >= 11 is 11.7. The summed E-state index contributed by atoms with van der Waals surface area (Å²) < 4.78 is 0.790. The highest BCUT2D eigenvalue weighted by atomic mass is 35.5. The Morgan fingerprint density at radius 3 is 2.19 bits per heavy atom. The van der Waals surface area contributed by atoms with Crippen molar-refractivity contribution in [3.63, 3.8) is 0 Å². The molecule has 1 aromatic carbocycles. The molecule has 0 fully saturated rings. The van der Waals surface area contributed by atoms with Crippen LogP contribution < -0.4 is 5.56 Å². The quantitative estimate of drug-likeness (QED) is 0.875. The summed E-state index contributed by atoms with van der Waals surface area (Å²) in [4.78, 5) is 34.7. The van der Waals surface area contributed by atoms with Gasteiger partial charge in [0.05, 0.1) is 5.69 Å². The van der Waals surface area contributed by atoms with Crippen LogP contribution >= 0.6 is 23.2 Å². The first-order valence-electron chi connectivity index (χ1n) is 5.64. The third kappa shape index (κ3) is 3.12. The maximum absolute atomic E-state index is 12.1. The van der Waals surface area contributed by atoms with E-state index in [1.807, 2.05) is 0 Å². The average Bonchev–Trinajstić information content (AvgIpc) is 2.36. The Morgan fingerprint density at radius 1 is 1.14 bits per heavy atom. The zero-order valence-electron chi connectivity index (χ0n) is 10.6. The number of aromatic nitrogens is 2. The van der Waals surface area contributed by atoms with Crippen LogP contribution in [0, 0.1) is 0 Å². The molecule has 2 aromatic rings. The molecule has 0 amide bonds. The molecule has 0 aliphatic rings. The second-order valence-electron chi connectivity index (χ2n) is 4.15. The van der Waals surface area contributed by atoms with Gasteiger partial charge in [-0.15, -0.1) is 0 Å². The lowest BCUT2D eigenvalue weighted by Gasteiger charge is -2.08. The molecule has 0 aliphatic carbocycles. The summed E-state index contributed by atoms with van der Waals surface area (Å²) in [6.45, 7) is 1.22. The van der Waals surface area contributed by atoms with Crippen LogP contribution in [0.2, 0.25) is 10.0 Å². The molecular formula is C13H8Cl2N2O4. The number of aromatic carboxylic acids is 1. The lowest BCUT2D eigenvalue weighted by Crippen LogP contribution is -2.29. The number of rotatable bonds is 3. The molecule has 0 radical (unpaired) electrons. The Balaban J connectivity index is 2.81. The normalized spacial score (nSPS) is 10.4. The third-order valence-corrected chi connectivity index (χ3v) is 3.03. The van der Waals surface area contributed by atoms with E-state index in [-0.39, 0.29) is 21.4 Å². The first kappa shape index (κ1) is 15.2. The molecule has 8 heteroatoms. The van der Waals surface area contributed by atoms with Crippen molar-refractivity contribution < 1.29 is 14.7 Å². The van der Waals surface area contributed by atoms with Gasteiger partial charge >= 0.3 is 5.97 Å². The van der Waals surface area contributed by atoms with Gasteiger partial charge in [-0.2, -0.15) is 9.78 Å². The summed E-state index contributed by atoms with van der Waals surface area (Å²) in [7, 11) is 0. The second-order valence-corrected chi connectivity index (χ2v) is 5.02. The van der Waals surface area contributed by atoms with Crippen LogP contribution in [0.5, 0.6) is 0 Å². The molecule has 0 saturated carbocycles. The lowest BCUT2D eigenvalue weighted by molar-refractivity contribution is 0.0694. The van der Waals surface area contributed by atoms with Crippen LogP contribution in [-0.2, 0) is 0 Å². The zero-order valence-corrected chi connectivity index (χ0v) is 12.1. The van der Waals surface area contributed by atoms with E-state index in [0.29, 0.717) is 0 Å². The van der Waals surface area contributed by atoms with Gasteiger partial charge in [-0.3, -0.25) is 9.59 Å². The van der Waals surface area contributed by atoms with Gasteiger partial charge in [-0.25, -0.2) is 4.79 Å². The van der Waals surface area contributed by atoms with Gasteiger partial charge in [0, 0.05) is 17.0 Å². The molecule has 0 aliphatic heterocycles. The molecule has 1 aromatic heterocycles. The van der Waals surface area contributed by atoms with Crippen molar-refractivity contribution in [1.29, 1.82) is 0 Å². The van der Waals surface area contributed by atoms with Crippen molar-refractivity contribution in [2.75, 3.05) is 0 Å². The number of carbonyl (C=O) groups is 2. The molecule has 0 saturated heterocycles. The fraction of sp³-hybridized carbons (Fsp3) is 0.0769. The summed E-state index contributed by atoms with van der Waals surface area (Å²) in [5.41, 5.74) is -1.43. The summed E-state index contributed by atoms with van der Waals surface area (Å²) in [5.74, 6) is -1.92. The van der Waals surface area contributed by atoms with Crippen molar-refractivity contribution in [2.24, 2.45) is 0 Å². The number of carboxylic acid groups (broad SMARTS) is 1. The number of hydrogen-bond donors (Lipinski definition) is 1. The van der Waals surface area contributed by atoms with Crippen LogP contribution in [0.3, 0.4) is 0 Å². The van der Waals surface area contributed by atoms with Crippen molar-refractivity contribution in [3.05, 3.63) is 55.9 Å². The standard InChI is InChI=1S/C13H8Cl2N2O4/c1-6(18)11-5-10(13(20)21)12(19)17(16-11)9-3-7(14)2-8(15)4-9/h2-5H,1H3,(H,20,21). The van der Waals surface area contributed by atoms with E-state index >= 15 is 0 Å². The van der Waals surface area contributed by atoms with E-state index in [9.17, 15) is 14.4 Å². The van der Waals surface area contributed by atoms with Gasteiger partial charge in [0.1, 0.15) is 11.3 Å². The molecule has 1 heterocycles. The van der Waals surface area contributed by atoms with Crippen LogP contribution in [0.15, 0.2) is 29.1 Å².